The normalized spacial score (nSPS) is 12.1. The molecule has 0 aromatic heterocycles. The van der Waals surface area contributed by atoms with Crippen LogP contribution in [0.2, 0.25) is 5.02 Å². The van der Waals surface area contributed by atoms with E-state index in [1.54, 1.807) is 55.6 Å². The first-order chi connectivity index (χ1) is 18.6. The summed E-state index contributed by atoms with van der Waals surface area (Å²) in [5, 5.41) is 3.27. The lowest BCUT2D eigenvalue weighted by molar-refractivity contribution is -0.140. The number of ether oxygens (including phenoxy) is 1. The highest BCUT2D eigenvalue weighted by Gasteiger charge is 2.33. The van der Waals surface area contributed by atoms with Crippen LogP contribution in [-0.2, 0) is 26.2 Å². The molecule has 2 amide bonds. The average molecular weight is 572 g/mol. The van der Waals surface area contributed by atoms with E-state index in [1.807, 2.05) is 26.8 Å². The molecule has 0 spiro atoms. The molecule has 3 aromatic carbocycles. The Morgan fingerprint density at radius 3 is 2.23 bits per heavy atom. The fourth-order valence-corrected chi connectivity index (χ4v) is 5.66. The van der Waals surface area contributed by atoms with Crippen molar-refractivity contribution in [3.05, 3.63) is 89.4 Å². The number of amides is 2. The van der Waals surface area contributed by atoms with Crippen LogP contribution < -0.4 is 14.4 Å². The minimum absolute atomic E-state index is 0.00695. The maximum atomic E-state index is 14.0. The summed E-state index contributed by atoms with van der Waals surface area (Å²) >= 11 is 5.98. The van der Waals surface area contributed by atoms with Crippen molar-refractivity contribution in [3.8, 4) is 5.75 Å². The molecule has 0 saturated carbocycles. The van der Waals surface area contributed by atoms with Crippen molar-refractivity contribution in [2.75, 3.05) is 18.0 Å². The van der Waals surface area contributed by atoms with Gasteiger partial charge in [-0.1, -0.05) is 48.9 Å². The summed E-state index contributed by atoms with van der Waals surface area (Å²) in [6.07, 6.45) is 0.337. The third kappa shape index (κ3) is 7.74. The van der Waals surface area contributed by atoms with Crippen LogP contribution in [0.1, 0.15) is 32.8 Å². The number of rotatable bonds is 12. The summed E-state index contributed by atoms with van der Waals surface area (Å²) in [4.78, 5) is 28.6. The second-order valence-corrected chi connectivity index (χ2v) is 11.6. The van der Waals surface area contributed by atoms with E-state index in [1.165, 1.54) is 29.2 Å². The Morgan fingerprint density at radius 1 is 0.974 bits per heavy atom. The van der Waals surface area contributed by atoms with Crippen molar-refractivity contribution in [3.63, 3.8) is 0 Å². The van der Waals surface area contributed by atoms with Gasteiger partial charge in [-0.15, -0.1) is 0 Å². The molecular weight excluding hydrogens is 538 g/mol. The zero-order chi connectivity index (χ0) is 28.6. The molecule has 3 aromatic rings. The van der Waals surface area contributed by atoms with Crippen molar-refractivity contribution in [2.45, 2.75) is 50.7 Å². The van der Waals surface area contributed by atoms with Crippen LogP contribution in [0.4, 0.5) is 5.69 Å². The molecule has 0 heterocycles. The van der Waals surface area contributed by atoms with Crippen molar-refractivity contribution in [2.24, 2.45) is 0 Å². The maximum absolute atomic E-state index is 14.0. The smallest absolute Gasteiger partial charge is 0.264 e. The molecule has 0 saturated heterocycles. The van der Waals surface area contributed by atoms with Crippen LogP contribution in [0.15, 0.2) is 83.8 Å². The highest BCUT2D eigenvalue weighted by atomic mass is 35.5. The number of benzene rings is 3. The number of methoxy groups -OCH3 is 1. The van der Waals surface area contributed by atoms with Gasteiger partial charge in [0.1, 0.15) is 18.3 Å². The Morgan fingerprint density at radius 2 is 1.64 bits per heavy atom. The first kappa shape index (κ1) is 30.0. The first-order valence-corrected chi connectivity index (χ1v) is 14.4. The van der Waals surface area contributed by atoms with Crippen LogP contribution in [0, 0.1) is 0 Å². The van der Waals surface area contributed by atoms with Gasteiger partial charge in [-0.05, 0) is 74.4 Å². The lowest BCUT2D eigenvalue weighted by Crippen LogP contribution is -2.53. The number of carbonyl (C=O) groups is 2. The van der Waals surface area contributed by atoms with Gasteiger partial charge in [-0.25, -0.2) is 8.42 Å². The van der Waals surface area contributed by atoms with E-state index in [0.29, 0.717) is 22.9 Å². The minimum atomic E-state index is -4.15. The largest absolute Gasteiger partial charge is 0.497 e. The molecule has 0 bridgehead atoms. The Bertz CT molecular complexity index is 1370. The number of nitrogens with one attached hydrogen (secondary N) is 1. The number of hydrogen-bond acceptors (Lipinski definition) is 5. The van der Waals surface area contributed by atoms with Crippen molar-refractivity contribution < 1.29 is 22.7 Å². The summed E-state index contributed by atoms with van der Waals surface area (Å²) < 4.78 is 33.9. The van der Waals surface area contributed by atoms with E-state index >= 15 is 0 Å². The number of nitrogens with zero attached hydrogens (tertiary/aromatic N) is 2. The zero-order valence-corrected chi connectivity index (χ0v) is 24.1. The van der Waals surface area contributed by atoms with Crippen LogP contribution in [0.25, 0.3) is 0 Å². The van der Waals surface area contributed by atoms with E-state index in [-0.39, 0.29) is 23.4 Å². The average Bonchev–Trinajstić information content (AvgIpc) is 2.91. The topological polar surface area (TPSA) is 96.0 Å². The van der Waals surface area contributed by atoms with Crippen molar-refractivity contribution in [1.82, 2.24) is 10.2 Å². The molecule has 0 aliphatic carbocycles. The SMILES string of the molecule is CC[C@@H](C(=O)NC(C)C)N(Cc1cccc(OC)c1)C(=O)CN(c1ccccc1)S(=O)(=O)c1ccc(Cl)cc1. The first-order valence-electron chi connectivity index (χ1n) is 12.6. The monoisotopic (exact) mass is 571 g/mol. The summed E-state index contributed by atoms with van der Waals surface area (Å²) in [6, 6.07) is 20.4. The fraction of sp³-hybridized carbons (Fsp3) is 0.310. The molecule has 0 unspecified atom stereocenters. The van der Waals surface area contributed by atoms with E-state index in [2.05, 4.69) is 5.32 Å². The molecule has 0 radical (unpaired) electrons. The predicted molar refractivity (Wildman–Crippen MR) is 153 cm³/mol. The third-order valence-electron chi connectivity index (χ3n) is 6.03. The number of anilines is 1. The molecule has 1 N–H and O–H groups in total. The number of carbonyl (C=O) groups excluding carboxylic acids is 2. The van der Waals surface area contributed by atoms with Gasteiger partial charge in [-0.3, -0.25) is 13.9 Å². The van der Waals surface area contributed by atoms with Crippen molar-refractivity contribution >= 4 is 39.1 Å². The van der Waals surface area contributed by atoms with Gasteiger partial charge < -0.3 is 15.0 Å². The van der Waals surface area contributed by atoms with Crippen molar-refractivity contribution in [1.29, 1.82) is 0 Å². The second-order valence-electron chi connectivity index (χ2n) is 9.26. The van der Waals surface area contributed by atoms with Crippen LogP contribution in [-0.4, -0.2) is 50.9 Å². The van der Waals surface area contributed by atoms with Gasteiger partial charge in [0, 0.05) is 17.6 Å². The highest BCUT2D eigenvalue weighted by Crippen LogP contribution is 2.26. The van der Waals surface area contributed by atoms with Crippen LogP contribution in [0.5, 0.6) is 5.75 Å². The molecule has 10 heteroatoms. The zero-order valence-electron chi connectivity index (χ0n) is 22.5. The van der Waals surface area contributed by atoms with Gasteiger partial charge in [0.25, 0.3) is 10.0 Å². The van der Waals surface area contributed by atoms with E-state index in [0.717, 1.165) is 9.87 Å². The number of hydrogen-bond donors (Lipinski definition) is 1. The third-order valence-corrected chi connectivity index (χ3v) is 8.07. The summed E-state index contributed by atoms with van der Waals surface area (Å²) in [7, 11) is -2.60. The number of sulfonamides is 1. The van der Waals surface area contributed by atoms with Crippen LogP contribution in [0.3, 0.4) is 0 Å². The molecule has 1 atom stereocenters. The molecule has 3 rings (SSSR count). The fourth-order valence-electron chi connectivity index (χ4n) is 4.12. The Kier molecular flexibility index (Phi) is 10.4. The summed E-state index contributed by atoms with van der Waals surface area (Å²) in [6.45, 7) is 5.08. The quantitative estimate of drug-likeness (QED) is 0.334. The Hall–Kier alpha value is -3.56. The Labute approximate surface area is 235 Å². The van der Waals surface area contributed by atoms with Gasteiger partial charge >= 0.3 is 0 Å². The standard InChI is InChI=1S/C29H34ClN3O5S/c1-5-27(29(35)31-21(2)3)32(19-22-10-9-13-25(18-22)38-4)28(34)20-33(24-11-7-6-8-12-24)39(36,37)26-16-14-23(30)15-17-26/h6-18,21,27H,5,19-20H2,1-4H3,(H,31,35)/t27-/m0/s1. The lowest BCUT2D eigenvalue weighted by atomic mass is 10.1. The summed E-state index contributed by atoms with van der Waals surface area (Å²) in [5.74, 6) is -0.226. The molecule has 0 fully saturated rings. The van der Waals surface area contributed by atoms with Gasteiger partial charge in [0.15, 0.2) is 0 Å². The maximum Gasteiger partial charge on any atom is 0.264 e. The predicted octanol–water partition coefficient (Wildman–Crippen LogP) is 4.88. The number of para-hydroxylation sites is 1. The van der Waals surface area contributed by atoms with Crippen LogP contribution >= 0.6 is 11.6 Å². The molecule has 39 heavy (non-hydrogen) atoms. The van der Waals surface area contributed by atoms with E-state index in [9.17, 15) is 18.0 Å². The molecule has 8 nitrogen and oxygen atoms in total. The minimum Gasteiger partial charge on any atom is -0.497 e. The molecule has 208 valence electrons. The van der Waals surface area contributed by atoms with Gasteiger partial charge in [0.2, 0.25) is 11.8 Å². The Balaban J connectivity index is 2.04. The molecular formula is C29H34ClN3O5S. The van der Waals surface area contributed by atoms with E-state index in [4.69, 9.17) is 16.3 Å². The van der Waals surface area contributed by atoms with E-state index < -0.39 is 28.5 Å². The van der Waals surface area contributed by atoms with Gasteiger partial charge in [-0.2, -0.15) is 0 Å². The number of halogens is 1. The second kappa shape index (κ2) is 13.5. The summed E-state index contributed by atoms with van der Waals surface area (Å²) in [5.41, 5.74) is 1.06. The highest BCUT2D eigenvalue weighted by molar-refractivity contribution is 7.92. The lowest BCUT2D eigenvalue weighted by Gasteiger charge is -2.33. The molecule has 0 aliphatic rings. The van der Waals surface area contributed by atoms with Gasteiger partial charge in [0.05, 0.1) is 17.7 Å². The molecule has 0 aliphatic heterocycles.